The molecule has 1 saturated heterocycles. The Labute approximate surface area is 95.7 Å². The molecule has 0 aromatic carbocycles. The van der Waals surface area contributed by atoms with E-state index in [0.29, 0.717) is 6.61 Å². The fourth-order valence-corrected chi connectivity index (χ4v) is 2.72. The molecule has 3 atom stereocenters. The summed E-state index contributed by atoms with van der Waals surface area (Å²) in [6.45, 7) is 2.53. The van der Waals surface area contributed by atoms with Crippen molar-refractivity contribution in [1.29, 1.82) is 0 Å². The predicted molar refractivity (Wildman–Crippen MR) is 58.6 cm³/mol. The summed E-state index contributed by atoms with van der Waals surface area (Å²) in [6.07, 6.45) is 4.85. The van der Waals surface area contributed by atoms with E-state index in [0.717, 1.165) is 32.1 Å². The summed E-state index contributed by atoms with van der Waals surface area (Å²) in [5.74, 6) is 0.0430. The smallest absolute Gasteiger partial charge is 0.328 e. The van der Waals surface area contributed by atoms with E-state index in [1.165, 1.54) is 0 Å². The van der Waals surface area contributed by atoms with Crippen LogP contribution in [0.15, 0.2) is 0 Å². The third-order valence-electron chi connectivity index (χ3n) is 3.63. The Kier molecular flexibility index (Phi) is 3.46. The molecule has 2 rings (SSSR count). The van der Waals surface area contributed by atoms with Gasteiger partial charge in [-0.05, 0) is 19.3 Å². The molecule has 0 aromatic rings. The van der Waals surface area contributed by atoms with Crippen molar-refractivity contribution in [2.45, 2.75) is 45.1 Å². The largest absolute Gasteiger partial charge is 0.464 e. The van der Waals surface area contributed by atoms with Gasteiger partial charge in [-0.15, -0.1) is 0 Å². The van der Waals surface area contributed by atoms with Crippen molar-refractivity contribution in [2.24, 2.45) is 11.8 Å². The number of carbonyl (C=O) groups excluding carboxylic acids is 2. The molecule has 90 valence electrons. The van der Waals surface area contributed by atoms with Crippen LogP contribution in [0, 0.1) is 11.8 Å². The molecule has 1 N–H and O–H groups in total. The van der Waals surface area contributed by atoms with Gasteiger partial charge in [0, 0.05) is 11.8 Å². The Morgan fingerprint density at radius 3 is 3.06 bits per heavy atom. The molecule has 0 radical (unpaired) electrons. The highest BCUT2D eigenvalue weighted by Crippen LogP contribution is 2.38. The van der Waals surface area contributed by atoms with Crippen LogP contribution in [-0.4, -0.2) is 24.5 Å². The zero-order valence-corrected chi connectivity index (χ0v) is 9.70. The van der Waals surface area contributed by atoms with Crippen molar-refractivity contribution < 1.29 is 14.3 Å². The molecule has 3 unspecified atom stereocenters. The fourth-order valence-electron chi connectivity index (χ4n) is 2.72. The Bertz CT molecular complexity index is 290. The molecule has 1 heterocycles. The zero-order chi connectivity index (χ0) is 11.5. The molecular formula is C12H19NO3. The highest BCUT2D eigenvalue weighted by atomic mass is 16.5. The average Bonchev–Trinajstić information content (AvgIpc) is 2.83. The maximum absolute atomic E-state index is 11.8. The number of unbranched alkanes of at least 4 members (excludes halogenated alkanes) is 1. The fraction of sp³-hybridized carbons (Fsp3) is 0.833. The lowest BCUT2D eigenvalue weighted by Crippen LogP contribution is -2.38. The van der Waals surface area contributed by atoms with Crippen LogP contribution in [0.2, 0.25) is 0 Å². The lowest BCUT2D eigenvalue weighted by Gasteiger charge is -2.15. The van der Waals surface area contributed by atoms with Crippen molar-refractivity contribution in [3.05, 3.63) is 0 Å². The van der Waals surface area contributed by atoms with Gasteiger partial charge in [0.25, 0.3) is 0 Å². The first-order valence-corrected chi connectivity index (χ1v) is 6.21. The lowest BCUT2D eigenvalue weighted by atomic mass is 9.94. The number of esters is 1. The summed E-state index contributed by atoms with van der Waals surface area (Å²) in [7, 11) is 0. The van der Waals surface area contributed by atoms with Crippen LogP contribution in [0.3, 0.4) is 0 Å². The third kappa shape index (κ3) is 2.06. The number of hydrogen-bond donors (Lipinski definition) is 1. The van der Waals surface area contributed by atoms with Crippen LogP contribution in [0.5, 0.6) is 0 Å². The molecule has 2 fully saturated rings. The van der Waals surface area contributed by atoms with E-state index in [4.69, 9.17) is 4.74 Å². The molecule has 1 saturated carbocycles. The maximum Gasteiger partial charge on any atom is 0.328 e. The van der Waals surface area contributed by atoms with Crippen molar-refractivity contribution in [1.82, 2.24) is 5.32 Å². The van der Waals surface area contributed by atoms with E-state index < -0.39 is 0 Å². The summed E-state index contributed by atoms with van der Waals surface area (Å²) in [6, 6.07) is -0.378. The lowest BCUT2D eigenvalue weighted by molar-refractivity contribution is -0.147. The van der Waals surface area contributed by atoms with Crippen LogP contribution in [-0.2, 0) is 14.3 Å². The van der Waals surface area contributed by atoms with Gasteiger partial charge in [-0.1, -0.05) is 19.8 Å². The van der Waals surface area contributed by atoms with Crippen molar-refractivity contribution in [2.75, 3.05) is 6.61 Å². The summed E-state index contributed by atoms with van der Waals surface area (Å²) in [4.78, 5) is 23.4. The Morgan fingerprint density at radius 2 is 2.31 bits per heavy atom. The quantitative estimate of drug-likeness (QED) is 0.578. The predicted octanol–water partition coefficient (Wildman–Crippen LogP) is 1.24. The minimum Gasteiger partial charge on any atom is -0.464 e. The summed E-state index contributed by atoms with van der Waals surface area (Å²) < 4.78 is 5.17. The molecule has 2 aliphatic rings. The molecule has 4 nitrogen and oxygen atoms in total. The standard InChI is InChI=1S/C12H19NO3/c1-2-3-7-16-12(15)10-8-5-4-6-9(8)11(14)13-10/h8-10H,2-7H2,1H3,(H,13,14). The number of nitrogens with one attached hydrogen (secondary N) is 1. The van der Waals surface area contributed by atoms with Gasteiger partial charge in [0.1, 0.15) is 6.04 Å². The monoisotopic (exact) mass is 225 g/mol. The molecule has 0 bridgehead atoms. The van der Waals surface area contributed by atoms with Gasteiger partial charge in [-0.25, -0.2) is 4.79 Å². The number of hydrogen-bond acceptors (Lipinski definition) is 3. The molecular weight excluding hydrogens is 206 g/mol. The van der Waals surface area contributed by atoms with Gasteiger partial charge in [-0.3, -0.25) is 4.79 Å². The molecule has 0 spiro atoms. The van der Waals surface area contributed by atoms with Crippen LogP contribution < -0.4 is 5.32 Å². The highest BCUT2D eigenvalue weighted by molar-refractivity contribution is 5.90. The normalized spacial score (nSPS) is 32.3. The Hall–Kier alpha value is -1.06. The Balaban J connectivity index is 1.89. The van der Waals surface area contributed by atoms with E-state index in [1.54, 1.807) is 0 Å². The van der Waals surface area contributed by atoms with Crippen molar-refractivity contribution in [3.8, 4) is 0 Å². The number of fused-ring (bicyclic) bond motifs is 1. The first kappa shape index (κ1) is 11.4. The third-order valence-corrected chi connectivity index (χ3v) is 3.63. The summed E-state index contributed by atoms with van der Waals surface area (Å²) in [5.41, 5.74) is 0. The molecule has 1 aliphatic carbocycles. The second kappa shape index (κ2) is 4.85. The van der Waals surface area contributed by atoms with Gasteiger partial charge in [-0.2, -0.15) is 0 Å². The van der Waals surface area contributed by atoms with E-state index in [2.05, 4.69) is 12.2 Å². The van der Waals surface area contributed by atoms with Gasteiger partial charge >= 0.3 is 5.97 Å². The summed E-state index contributed by atoms with van der Waals surface area (Å²) >= 11 is 0. The van der Waals surface area contributed by atoms with E-state index in [9.17, 15) is 9.59 Å². The topological polar surface area (TPSA) is 55.4 Å². The molecule has 1 aliphatic heterocycles. The first-order chi connectivity index (χ1) is 7.74. The van der Waals surface area contributed by atoms with Crippen LogP contribution in [0.1, 0.15) is 39.0 Å². The molecule has 4 heteroatoms. The van der Waals surface area contributed by atoms with Gasteiger partial charge in [0.2, 0.25) is 5.91 Å². The van der Waals surface area contributed by atoms with Crippen LogP contribution in [0.25, 0.3) is 0 Å². The van der Waals surface area contributed by atoms with Crippen molar-refractivity contribution >= 4 is 11.9 Å². The molecule has 0 aromatic heterocycles. The SMILES string of the molecule is CCCCOC(=O)C1NC(=O)C2CCCC21. The second-order valence-corrected chi connectivity index (χ2v) is 4.71. The van der Waals surface area contributed by atoms with Gasteiger partial charge in [0.05, 0.1) is 6.61 Å². The number of carbonyl (C=O) groups is 2. The maximum atomic E-state index is 11.8. The minimum absolute atomic E-state index is 0.0416. The number of rotatable bonds is 4. The molecule has 1 amide bonds. The van der Waals surface area contributed by atoms with Crippen molar-refractivity contribution in [3.63, 3.8) is 0 Å². The van der Waals surface area contributed by atoms with E-state index in [1.807, 2.05) is 0 Å². The van der Waals surface area contributed by atoms with Gasteiger partial charge in [0.15, 0.2) is 0 Å². The second-order valence-electron chi connectivity index (χ2n) is 4.71. The highest BCUT2D eigenvalue weighted by Gasteiger charge is 2.48. The number of amides is 1. The van der Waals surface area contributed by atoms with Crippen LogP contribution in [0.4, 0.5) is 0 Å². The first-order valence-electron chi connectivity index (χ1n) is 6.21. The van der Waals surface area contributed by atoms with E-state index in [-0.39, 0.29) is 29.8 Å². The zero-order valence-electron chi connectivity index (χ0n) is 9.70. The van der Waals surface area contributed by atoms with Crippen LogP contribution >= 0.6 is 0 Å². The summed E-state index contributed by atoms with van der Waals surface area (Å²) in [5, 5.41) is 2.77. The van der Waals surface area contributed by atoms with E-state index >= 15 is 0 Å². The molecule has 16 heavy (non-hydrogen) atoms. The van der Waals surface area contributed by atoms with Gasteiger partial charge < -0.3 is 10.1 Å². The Morgan fingerprint density at radius 1 is 1.50 bits per heavy atom. The number of ether oxygens (including phenoxy) is 1. The average molecular weight is 225 g/mol. The minimum atomic E-state index is -0.378.